The molecule has 3 aromatic rings. The zero-order valence-corrected chi connectivity index (χ0v) is 21.5. The summed E-state index contributed by atoms with van der Waals surface area (Å²) in [4.78, 5) is 31.0. The van der Waals surface area contributed by atoms with Crippen LogP contribution in [-0.2, 0) is 23.1 Å². The molecule has 36 heavy (non-hydrogen) atoms. The number of aryl methyl sites for hydroxylation is 3. The highest BCUT2D eigenvalue weighted by Crippen LogP contribution is 2.33. The van der Waals surface area contributed by atoms with Crippen molar-refractivity contribution in [2.45, 2.75) is 71.4 Å². The maximum atomic E-state index is 13.4. The van der Waals surface area contributed by atoms with Crippen LogP contribution in [0.4, 0.5) is 5.69 Å². The summed E-state index contributed by atoms with van der Waals surface area (Å²) in [6.45, 7) is 5.71. The topological polar surface area (TPSA) is 103 Å². The van der Waals surface area contributed by atoms with Gasteiger partial charge in [0.25, 0.3) is 5.91 Å². The smallest absolute Gasteiger partial charge is 0.253 e. The van der Waals surface area contributed by atoms with E-state index in [1.165, 1.54) is 12.8 Å². The number of amides is 2. The van der Waals surface area contributed by atoms with Crippen molar-refractivity contribution in [1.82, 2.24) is 24.6 Å². The van der Waals surface area contributed by atoms with Crippen molar-refractivity contribution in [3.8, 4) is 0 Å². The van der Waals surface area contributed by atoms with Gasteiger partial charge in [-0.1, -0.05) is 12.8 Å². The van der Waals surface area contributed by atoms with Crippen LogP contribution in [0.5, 0.6) is 0 Å². The van der Waals surface area contributed by atoms with Crippen molar-refractivity contribution in [2.24, 2.45) is 13.0 Å². The molecule has 1 atom stereocenters. The molecular formula is C27H36N6O3. The number of anilines is 1. The van der Waals surface area contributed by atoms with Gasteiger partial charge in [0.05, 0.1) is 28.8 Å². The summed E-state index contributed by atoms with van der Waals surface area (Å²) in [6, 6.07) is 5.66. The van der Waals surface area contributed by atoms with E-state index in [1.54, 1.807) is 6.07 Å². The van der Waals surface area contributed by atoms with Crippen molar-refractivity contribution < 1.29 is 14.3 Å². The molecule has 9 nitrogen and oxygen atoms in total. The van der Waals surface area contributed by atoms with Crippen LogP contribution in [0, 0.1) is 19.8 Å². The molecule has 1 saturated heterocycles. The van der Waals surface area contributed by atoms with Crippen molar-refractivity contribution in [3.63, 3.8) is 0 Å². The average molecular weight is 493 g/mol. The number of nitrogens with zero attached hydrogens (tertiary/aromatic N) is 4. The Labute approximate surface area is 211 Å². The first-order valence-corrected chi connectivity index (χ1v) is 13.1. The quantitative estimate of drug-likeness (QED) is 0.491. The molecule has 1 aromatic carbocycles. The third-order valence-electron chi connectivity index (χ3n) is 7.41. The third-order valence-corrected chi connectivity index (χ3v) is 7.41. The number of benzene rings is 1. The molecule has 3 heterocycles. The van der Waals surface area contributed by atoms with E-state index in [-0.39, 0.29) is 17.9 Å². The summed E-state index contributed by atoms with van der Waals surface area (Å²) in [5.74, 6) is 1.06. The Morgan fingerprint density at radius 3 is 2.61 bits per heavy atom. The summed E-state index contributed by atoms with van der Waals surface area (Å²) in [5, 5.41) is 10.5. The molecule has 2 aliphatic rings. The highest BCUT2D eigenvalue weighted by molar-refractivity contribution is 6.07. The zero-order valence-electron chi connectivity index (χ0n) is 21.5. The van der Waals surface area contributed by atoms with E-state index < -0.39 is 0 Å². The van der Waals surface area contributed by atoms with Crippen LogP contribution in [0.2, 0.25) is 0 Å². The maximum Gasteiger partial charge on any atom is 0.253 e. The molecule has 0 spiro atoms. The zero-order chi connectivity index (χ0) is 25.2. The lowest BCUT2D eigenvalue weighted by Crippen LogP contribution is -2.28. The fourth-order valence-electron chi connectivity index (χ4n) is 5.64. The molecule has 5 rings (SSSR count). The van der Waals surface area contributed by atoms with Gasteiger partial charge < -0.3 is 19.9 Å². The largest absolute Gasteiger partial charge is 0.370 e. The molecule has 2 amide bonds. The van der Waals surface area contributed by atoms with Crippen molar-refractivity contribution in [3.05, 3.63) is 41.0 Å². The number of imidazole rings is 1. The molecule has 0 bridgehead atoms. The second kappa shape index (κ2) is 10.4. The van der Waals surface area contributed by atoms with Crippen LogP contribution in [-0.4, -0.2) is 44.3 Å². The normalized spacial score (nSPS) is 18.2. The van der Waals surface area contributed by atoms with Crippen molar-refractivity contribution >= 4 is 28.5 Å². The van der Waals surface area contributed by atoms with Gasteiger partial charge in [0, 0.05) is 38.0 Å². The Kier molecular flexibility index (Phi) is 7.09. The minimum Gasteiger partial charge on any atom is -0.370 e. The standard InChI is InChI=1S/C27H36N6O3/c1-17-13-18(2)33(31-17)11-10-28-27(35)21-15-20(29-24(34)14-19-7-4-5-8-19)16-22-25(21)32(3)26(30-22)23-9-6-12-36-23/h13,15-16,19,23H,4-12,14H2,1-3H3,(H,28,35)(H,29,34). The van der Waals surface area contributed by atoms with Gasteiger partial charge in [0.15, 0.2) is 0 Å². The Hall–Kier alpha value is -3.20. The number of carbonyl (C=O) groups excluding carboxylic acids is 2. The van der Waals surface area contributed by atoms with E-state index >= 15 is 0 Å². The second-order valence-corrected chi connectivity index (χ2v) is 10.2. The first-order valence-electron chi connectivity index (χ1n) is 13.1. The molecule has 192 valence electrons. The van der Waals surface area contributed by atoms with Crippen LogP contribution in [0.25, 0.3) is 11.0 Å². The fraction of sp³-hybridized carbons (Fsp3) is 0.556. The van der Waals surface area contributed by atoms with Crippen LogP contribution in [0.3, 0.4) is 0 Å². The molecule has 1 saturated carbocycles. The third kappa shape index (κ3) is 5.16. The van der Waals surface area contributed by atoms with Crippen LogP contribution in [0.15, 0.2) is 18.2 Å². The number of nitrogens with one attached hydrogen (secondary N) is 2. The number of rotatable bonds is 8. The SMILES string of the molecule is Cc1cc(C)n(CCNC(=O)c2cc(NC(=O)CC3CCCC3)cc3nc(C4CCCO4)n(C)c23)n1. The average Bonchev–Trinajstić information content (AvgIpc) is 3.63. The molecule has 1 aliphatic heterocycles. The monoisotopic (exact) mass is 492 g/mol. The molecule has 1 aliphatic carbocycles. The van der Waals surface area contributed by atoms with Crippen molar-refractivity contribution in [2.75, 3.05) is 18.5 Å². The Bertz CT molecular complexity index is 1260. The molecule has 1 unspecified atom stereocenters. The molecule has 2 N–H and O–H groups in total. The minimum absolute atomic E-state index is 0.00702. The van der Waals surface area contributed by atoms with E-state index in [0.717, 1.165) is 55.0 Å². The first kappa shape index (κ1) is 24.5. The highest BCUT2D eigenvalue weighted by atomic mass is 16.5. The number of hydrogen-bond acceptors (Lipinski definition) is 5. The van der Waals surface area contributed by atoms with Gasteiger partial charge in [-0.15, -0.1) is 0 Å². The Morgan fingerprint density at radius 1 is 1.11 bits per heavy atom. The lowest BCUT2D eigenvalue weighted by Gasteiger charge is -2.13. The van der Waals surface area contributed by atoms with E-state index in [1.807, 2.05) is 42.3 Å². The summed E-state index contributed by atoms with van der Waals surface area (Å²) in [6.07, 6.45) is 6.97. The molecule has 2 aromatic heterocycles. The Balaban J connectivity index is 1.40. The Morgan fingerprint density at radius 2 is 1.92 bits per heavy atom. The first-order chi connectivity index (χ1) is 17.4. The van der Waals surface area contributed by atoms with E-state index in [2.05, 4.69) is 15.7 Å². The maximum absolute atomic E-state index is 13.4. The number of hydrogen-bond donors (Lipinski definition) is 2. The minimum atomic E-state index is -0.199. The molecular weight excluding hydrogens is 456 g/mol. The van der Waals surface area contributed by atoms with Gasteiger partial charge in [0.2, 0.25) is 5.91 Å². The van der Waals surface area contributed by atoms with Gasteiger partial charge in [-0.3, -0.25) is 14.3 Å². The van der Waals surface area contributed by atoms with Gasteiger partial charge in [-0.25, -0.2) is 4.98 Å². The molecule has 2 fully saturated rings. The number of ether oxygens (including phenoxy) is 1. The van der Waals surface area contributed by atoms with E-state index in [4.69, 9.17) is 9.72 Å². The number of aromatic nitrogens is 4. The number of fused-ring (bicyclic) bond motifs is 1. The number of carbonyl (C=O) groups is 2. The van der Waals surface area contributed by atoms with Gasteiger partial charge >= 0.3 is 0 Å². The van der Waals surface area contributed by atoms with Crippen molar-refractivity contribution in [1.29, 1.82) is 0 Å². The van der Waals surface area contributed by atoms with E-state index in [0.29, 0.717) is 42.2 Å². The summed E-state index contributed by atoms with van der Waals surface area (Å²) < 4.78 is 9.74. The lowest BCUT2D eigenvalue weighted by atomic mass is 10.0. The lowest BCUT2D eigenvalue weighted by molar-refractivity contribution is -0.117. The van der Waals surface area contributed by atoms with Crippen LogP contribution in [0.1, 0.15) is 78.6 Å². The predicted molar refractivity (Wildman–Crippen MR) is 138 cm³/mol. The summed E-state index contributed by atoms with van der Waals surface area (Å²) in [7, 11) is 1.93. The fourth-order valence-corrected chi connectivity index (χ4v) is 5.64. The summed E-state index contributed by atoms with van der Waals surface area (Å²) >= 11 is 0. The highest BCUT2D eigenvalue weighted by Gasteiger charge is 2.26. The second-order valence-electron chi connectivity index (χ2n) is 10.2. The van der Waals surface area contributed by atoms with E-state index in [9.17, 15) is 9.59 Å². The summed E-state index contributed by atoms with van der Waals surface area (Å²) in [5.41, 5.74) is 4.55. The molecule has 9 heteroatoms. The van der Waals surface area contributed by atoms with Crippen LogP contribution < -0.4 is 10.6 Å². The van der Waals surface area contributed by atoms with Gasteiger partial charge in [-0.05, 0) is 63.6 Å². The van der Waals surface area contributed by atoms with Gasteiger partial charge in [-0.2, -0.15) is 5.10 Å². The predicted octanol–water partition coefficient (Wildman–Crippen LogP) is 4.19. The van der Waals surface area contributed by atoms with Crippen LogP contribution >= 0.6 is 0 Å². The van der Waals surface area contributed by atoms with Gasteiger partial charge in [0.1, 0.15) is 11.9 Å². The molecule has 0 radical (unpaired) electrons.